The third kappa shape index (κ3) is 3.23. The average Bonchev–Trinajstić information content (AvgIpc) is 2.67. The number of nitrogens with zero attached hydrogens (tertiary/aromatic N) is 3. The fourth-order valence-electron chi connectivity index (χ4n) is 1.59. The Morgan fingerprint density at radius 3 is 2.76 bits per heavy atom. The Kier molecular flexibility index (Phi) is 3.68. The number of carbonyl (C=O) groups excluding carboxylic acids is 1. The molecule has 0 bridgehead atoms. The van der Waals surface area contributed by atoms with Crippen molar-refractivity contribution in [3.8, 4) is 0 Å². The fraction of sp³-hybridized carbons (Fsp3) is 0.250. The van der Waals surface area contributed by atoms with Crippen LogP contribution >= 0.6 is 15.9 Å². The predicted octanol–water partition coefficient (Wildman–Crippen LogP) is 1.93. The second-order valence-electron chi connectivity index (χ2n) is 3.87. The van der Waals surface area contributed by atoms with Crippen molar-refractivity contribution >= 4 is 21.7 Å². The largest absolute Gasteiger partial charge is 0.299 e. The number of hydrogen-bond acceptors (Lipinski definition) is 3. The summed E-state index contributed by atoms with van der Waals surface area (Å²) in [6.07, 6.45) is 2.51. The highest BCUT2D eigenvalue weighted by Crippen LogP contribution is 2.16. The summed E-state index contributed by atoms with van der Waals surface area (Å²) in [5, 5.41) is 7.70. The molecule has 0 amide bonds. The van der Waals surface area contributed by atoms with Crippen molar-refractivity contribution in [2.75, 3.05) is 0 Å². The van der Waals surface area contributed by atoms with Crippen molar-refractivity contribution in [1.29, 1.82) is 0 Å². The molecule has 88 valence electrons. The highest BCUT2D eigenvalue weighted by molar-refractivity contribution is 9.10. The van der Waals surface area contributed by atoms with E-state index in [1.54, 1.807) is 17.9 Å². The molecule has 1 aromatic carbocycles. The number of rotatable bonds is 4. The monoisotopic (exact) mass is 293 g/mol. The zero-order chi connectivity index (χ0) is 12.3. The van der Waals surface area contributed by atoms with E-state index < -0.39 is 0 Å². The minimum Gasteiger partial charge on any atom is -0.299 e. The van der Waals surface area contributed by atoms with Gasteiger partial charge in [0.2, 0.25) is 0 Å². The molecule has 0 unspecified atom stereocenters. The van der Waals surface area contributed by atoms with Crippen molar-refractivity contribution in [1.82, 2.24) is 15.0 Å². The van der Waals surface area contributed by atoms with E-state index in [0.717, 1.165) is 10.0 Å². The van der Waals surface area contributed by atoms with Gasteiger partial charge in [0.1, 0.15) is 5.78 Å². The lowest BCUT2D eigenvalue weighted by Crippen LogP contribution is -2.07. The molecule has 0 aliphatic heterocycles. The Hall–Kier alpha value is -1.49. The molecule has 17 heavy (non-hydrogen) atoms. The van der Waals surface area contributed by atoms with Crippen LogP contribution in [0.4, 0.5) is 0 Å². The van der Waals surface area contributed by atoms with Gasteiger partial charge in [0, 0.05) is 24.1 Å². The van der Waals surface area contributed by atoms with Crippen LogP contribution in [0, 0.1) is 0 Å². The molecule has 0 atom stereocenters. The third-order valence-corrected chi connectivity index (χ3v) is 3.15. The summed E-state index contributed by atoms with van der Waals surface area (Å²) in [6, 6.07) is 7.74. The molecule has 0 aliphatic rings. The lowest BCUT2D eigenvalue weighted by atomic mass is 10.1. The minimum atomic E-state index is 0.136. The number of ketones is 1. The molecule has 0 N–H and O–H groups in total. The summed E-state index contributed by atoms with van der Waals surface area (Å²) in [7, 11) is 1.79. The highest BCUT2D eigenvalue weighted by atomic mass is 79.9. The van der Waals surface area contributed by atoms with Crippen molar-refractivity contribution in [3.63, 3.8) is 0 Å². The Labute approximate surface area is 108 Å². The van der Waals surface area contributed by atoms with Gasteiger partial charge in [-0.2, -0.15) is 0 Å². The van der Waals surface area contributed by atoms with Gasteiger partial charge < -0.3 is 0 Å². The van der Waals surface area contributed by atoms with E-state index in [1.807, 2.05) is 24.3 Å². The lowest BCUT2D eigenvalue weighted by Gasteiger charge is -2.02. The van der Waals surface area contributed by atoms with Gasteiger partial charge in [-0.1, -0.05) is 39.3 Å². The Morgan fingerprint density at radius 2 is 2.12 bits per heavy atom. The molecule has 1 aromatic heterocycles. The standard InChI is InChI=1S/C12H12BrN3O/c1-16-8-10(14-15-16)7-11(17)6-9-4-2-3-5-12(9)13/h2-5,8H,6-7H2,1H3. The van der Waals surface area contributed by atoms with E-state index in [4.69, 9.17) is 0 Å². The van der Waals surface area contributed by atoms with Crippen molar-refractivity contribution < 1.29 is 4.79 Å². The molecule has 0 fully saturated rings. The van der Waals surface area contributed by atoms with Crippen LogP contribution in [0.25, 0.3) is 0 Å². The molecule has 5 heteroatoms. The maximum absolute atomic E-state index is 11.8. The summed E-state index contributed by atoms with van der Waals surface area (Å²) < 4.78 is 2.56. The SMILES string of the molecule is Cn1cc(CC(=O)Cc2ccccc2Br)nn1. The average molecular weight is 294 g/mol. The number of aromatic nitrogens is 3. The minimum absolute atomic E-state index is 0.136. The normalized spacial score (nSPS) is 10.5. The second-order valence-corrected chi connectivity index (χ2v) is 4.72. The third-order valence-electron chi connectivity index (χ3n) is 2.37. The van der Waals surface area contributed by atoms with Crippen molar-refractivity contribution in [3.05, 3.63) is 46.2 Å². The Balaban J connectivity index is 2.01. The zero-order valence-electron chi connectivity index (χ0n) is 9.43. The number of halogens is 1. The van der Waals surface area contributed by atoms with E-state index in [9.17, 15) is 4.79 Å². The Bertz CT molecular complexity index is 536. The summed E-state index contributed by atoms with van der Waals surface area (Å²) in [5.41, 5.74) is 1.71. The van der Waals surface area contributed by atoms with Gasteiger partial charge in [0.25, 0.3) is 0 Å². The number of Topliss-reactive ketones (excluding diaryl/α,β-unsaturated/α-hetero) is 1. The van der Waals surface area contributed by atoms with Crippen LogP contribution in [0.2, 0.25) is 0 Å². The van der Waals surface area contributed by atoms with Gasteiger partial charge in [0.05, 0.1) is 12.1 Å². The lowest BCUT2D eigenvalue weighted by molar-refractivity contribution is -0.117. The molecular formula is C12H12BrN3O. The first-order chi connectivity index (χ1) is 8.15. The summed E-state index contributed by atoms with van der Waals surface area (Å²) in [6.45, 7) is 0. The first-order valence-electron chi connectivity index (χ1n) is 5.25. The second kappa shape index (κ2) is 5.23. The molecule has 0 radical (unpaired) electrons. The Morgan fingerprint density at radius 1 is 1.35 bits per heavy atom. The van der Waals surface area contributed by atoms with Gasteiger partial charge in [-0.15, -0.1) is 5.10 Å². The van der Waals surface area contributed by atoms with E-state index in [0.29, 0.717) is 18.5 Å². The smallest absolute Gasteiger partial charge is 0.143 e. The summed E-state index contributed by atoms with van der Waals surface area (Å²) in [4.78, 5) is 11.8. The van der Waals surface area contributed by atoms with Crippen LogP contribution < -0.4 is 0 Å². The maximum atomic E-state index is 11.8. The zero-order valence-corrected chi connectivity index (χ0v) is 11.0. The quantitative estimate of drug-likeness (QED) is 0.865. The van der Waals surface area contributed by atoms with E-state index in [1.165, 1.54) is 0 Å². The van der Waals surface area contributed by atoms with Crippen molar-refractivity contribution in [2.24, 2.45) is 7.05 Å². The van der Waals surface area contributed by atoms with Crippen LogP contribution in [-0.2, 0) is 24.7 Å². The highest BCUT2D eigenvalue weighted by Gasteiger charge is 2.09. The van der Waals surface area contributed by atoms with E-state index >= 15 is 0 Å². The first-order valence-corrected chi connectivity index (χ1v) is 6.05. The number of aryl methyl sites for hydroxylation is 1. The van der Waals surface area contributed by atoms with Gasteiger partial charge in [-0.05, 0) is 11.6 Å². The first kappa shape index (κ1) is 12.0. The van der Waals surface area contributed by atoms with Gasteiger partial charge in [-0.3, -0.25) is 9.48 Å². The van der Waals surface area contributed by atoms with E-state index in [-0.39, 0.29) is 5.78 Å². The van der Waals surface area contributed by atoms with Crippen LogP contribution in [0.15, 0.2) is 34.9 Å². The van der Waals surface area contributed by atoms with E-state index in [2.05, 4.69) is 26.2 Å². The number of benzene rings is 1. The van der Waals surface area contributed by atoms with Gasteiger partial charge in [0.15, 0.2) is 0 Å². The molecule has 0 saturated carbocycles. The fourth-order valence-corrected chi connectivity index (χ4v) is 2.02. The molecular weight excluding hydrogens is 282 g/mol. The molecule has 4 nitrogen and oxygen atoms in total. The molecule has 2 aromatic rings. The molecule has 1 heterocycles. The molecule has 0 aliphatic carbocycles. The van der Waals surface area contributed by atoms with Gasteiger partial charge >= 0.3 is 0 Å². The number of hydrogen-bond donors (Lipinski definition) is 0. The maximum Gasteiger partial charge on any atom is 0.143 e. The van der Waals surface area contributed by atoms with Crippen LogP contribution in [0.5, 0.6) is 0 Å². The summed E-state index contributed by atoms with van der Waals surface area (Å²) >= 11 is 3.43. The molecule has 0 saturated heterocycles. The molecule has 2 rings (SSSR count). The predicted molar refractivity (Wildman–Crippen MR) is 67.6 cm³/mol. The van der Waals surface area contributed by atoms with Crippen molar-refractivity contribution in [2.45, 2.75) is 12.8 Å². The van der Waals surface area contributed by atoms with Crippen LogP contribution in [-0.4, -0.2) is 20.8 Å². The number of carbonyl (C=O) groups is 1. The topological polar surface area (TPSA) is 47.8 Å². The van der Waals surface area contributed by atoms with Crippen LogP contribution in [0.3, 0.4) is 0 Å². The van der Waals surface area contributed by atoms with Gasteiger partial charge in [-0.25, -0.2) is 0 Å². The van der Waals surface area contributed by atoms with Crippen LogP contribution in [0.1, 0.15) is 11.3 Å². The molecule has 0 spiro atoms. The summed E-state index contributed by atoms with van der Waals surface area (Å²) in [5.74, 6) is 0.136.